The van der Waals surface area contributed by atoms with Crippen molar-refractivity contribution in [1.29, 1.82) is 0 Å². The Hall–Kier alpha value is -4.91. The number of pyridine rings is 1. The standard InChI is InChI=1S/C35H40FN5O6S/c1-5-21-17-27(31(36)29(18-21)47-6-2)32(39-23-10-12-25-22(19-23)14-15-38-33(25)37)34(42)41-16-8-9-28(41)26-20-24(40(4)35(43)44)11-13-30(26)48(45,46)7-3/h10-15,17-20,28,32,39H,5-9,16H2,1-4H3,(H2,37,38)(H,43,44)/t28-,32-/m1/s1. The Balaban J connectivity index is 1.65. The number of hydrogen-bond donors (Lipinski definition) is 3. The van der Waals surface area contributed by atoms with Gasteiger partial charge in [-0.05, 0) is 91.2 Å². The predicted octanol–water partition coefficient (Wildman–Crippen LogP) is 6.34. The number of halogens is 1. The van der Waals surface area contributed by atoms with Crippen LogP contribution in [0.3, 0.4) is 0 Å². The summed E-state index contributed by atoms with van der Waals surface area (Å²) in [7, 11) is -2.40. The number of carbonyl (C=O) groups excluding carboxylic acids is 1. The minimum absolute atomic E-state index is 0.0280. The van der Waals surface area contributed by atoms with Crippen molar-refractivity contribution < 1.29 is 32.2 Å². The topological polar surface area (TPSA) is 155 Å². The largest absolute Gasteiger partial charge is 0.491 e. The number of benzene rings is 3. The maximum absolute atomic E-state index is 16.3. The van der Waals surface area contributed by atoms with Crippen molar-refractivity contribution in [2.24, 2.45) is 0 Å². The van der Waals surface area contributed by atoms with Crippen molar-refractivity contribution >= 4 is 49.8 Å². The number of likely N-dealkylation sites (tertiary alicyclic amines) is 1. The van der Waals surface area contributed by atoms with Crippen molar-refractivity contribution in [1.82, 2.24) is 9.88 Å². The van der Waals surface area contributed by atoms with E-state index in [0.29, 0.717) is 36.3 Å². The van der Waals surface area contributed by atoms with Gasteiger partial charge in [0, 0.05) is 42.1 Å². The van der Waals surface area contributed by atoms with Gasteiger partial charge in [0.15, 0.2) is 21.4 Å². The van der Waals surface area contributed by atoms with E-state index >= 15 is 4.39 Å². The van der Waals surface area contributed by atoms with Crippen LogP contribution >= 0.6 is 0 Å². The molecule has 48 heavy (non-hydrogen) atoms. The fraction of sp³-hybridized carbons (Fsp3) is 0.343. The molecular weight excluding hydrogens is 637 g/mol. The minimum atomic E-state index is -3.76. The van der Waals surface area contributed by atoms with Gasteiger partial charge in [0.2, 0.25) is 5.91 Å². The Kier molecular flexibility index (Phi) is 10.1. The second-order valence-corrected chi connectivity index (χ2v) is 13.9. The first-order valence-corrected chi connectivity index (χ1v) is 17.5. The summed E-state index contributed by atoms with van der Waals surface area (Å²) in [6.07, 6.45) is 1.90. The summed E-state index contributed by atoms with van der Waals surface area (Å²) in [4.78, 5) is 33.3. The second kappa shape index (κ2) is 14.1. The summed E-state index contributed by atoms with van der Waals surface area (Å²) in [5.41, 5.74) is 8.02. The number of nitrogen functional groups attached to an aromatic ring is 1. The average molecular weight is 678 g/mol. The van der Waals surface area contributed by atoms with Crippen LogP contribution in [0.4, 0.5) is 26.4 Å². The molecule has 0 aliphatic carbocycles. The molecule has 11 nitrogen and oxygen atoms in total. The Morgan fingerprint density at radius 1 is 1.15 bits per heavy atom. The SMILES string of the molecule is CCOc1cc(CC)cc([C@@H](Nc2ccc3c(N)nccc3c2)C(=O)N2CCC[C@@H]2c2cc(N(C)C(=O)O)ccc2S(=O)(=O)CC)c1F. The van der Waals surface area contributed by atoms with E-state index in [4.69, 9.17) is 10.5 Å². The Labute approximate surface area is 279 Å². The number of carbonyl (C=O) groups is 2. The Morgan fingerprint density at radius 3 is 2.60 bits per heavy atom. The summed E-state index contributed by atoms with van der Waals surface area (Å²) in [5, 5.41) is 14.4. The first-order valence-electron chi connectivity index (χ1n) is 15.9. The number of sulfone groups is 1. The Morgan fingerprint density at radius 2 is 1.92 bits per heavy atom. The summed E-state index contributed by atoms with van der Waals surface area (Å²) < 4.78 is 48.5. The fourth-order valence-corrected chi connectivity index (χ4v) is 7.30. The van der Waals surface area contributed by atoms with Crippen molar-refractivity contribution in [3.8, 4) is 5.75 Å². The van der Waals surface area contributed by atoms with Crippen molar-refractivity contribution in [2.45, 2.75) is 57.0 Å². The van der Waals surface area contributed by atoms with Crippen molar-refractivity contribution in [3.05, 3.63) is 83.3 Å². The third-order valence-electron chi connectivity index (χ3n) is 8.78. The fourth-order valence-electron chi connectivity index (χ4n) is 6.16. The number of hydrogen-bond acceptors (Lipinski definition) is 8. The highest BCUT2D eigenvalue weighted by Gasteiger charge is 2.39. The van der Waals surface area contributed by atoms with Crippen LogP contribution in [0.2, 0.25) is 0 Å². The van der Waals surface area contributed by atoms with Crippen LogP contribution in [0.25, 0.3) is 10.8 Å². The highest BCUT2D eigenvalue weighted by Crippen LogP contribution is 2.41. The number of nitrogens with two attached hydrogens (primary N) is 1. The van der Waals surface area contributed by atoms with Gasteiger partial charge in [0.05, 0.1) is 23.3 Å². The molecule has 2 amide bonds. The number of rotatable bonds is 11. The molecule has 0 spiro atoms. The van der Waals surface area contributed by atoms with Gasteiger partial charge >= 0.3 is 6.09 Å². The highest BCUT2D eigenvalue weighted by atomic mass is 32.2. The number of fused-ring (bicyclic) bond motifs is 1. The number of nitrogens with one attached hydrogen (secondary N) is 1. The molecule has 2 atom stereocenters. The number of aryl methyl sites for hydroxylation is 1. The number of anilines is 3. The maximum atomic E-state index is 16.3. The summed E-state index contributed by atoms with van der Waals surface area (Å²) in [5.74, 6) is -0.954. The quantitative estimate of drug-likeness (QED) is 0.165. The van der Waals surface area contributed by atoms with Crippen LogP contribution in [0, 0.1) is 5.82 Å². The highest BCUT2D eigenvalue weighted by molar-refractivity contribution is 7.91. The molecule has 2 heterocycles. The van der Waals surface area contributed by atoms with Gasteiger partial charge in [0.1, 0.15) is 11.9 Å². The van der Waals surface area contributed by atoms with Crippen LogP contribution in [-0.2, 0) is 21.1 Å². The van der Waals surface area contributed by atoms with Crippen LogP contribution < -0.4 is 20.7 Å². The zero-order valence-electron chi connectivity index (χ0n) is 27.4. The van der Waals surface area contributed by atoms with E-state index in [0.717, 1.165) is 21.2 Å². The van der Waals surface area contributed by atoms with Crippen molar-refractivity contribution in [2.75, 3.05) is 41.9 Å². The molecule has 1 aliphatic heterocycles. The van der Waals surface area contributed by atoms with Crippen molar-refractivity contribution in [3.63, 3.8) is 0 Å². The van der Waals surface area contributed by atoms with E-state index in [1.165, 1.54) is 32.2 Å². The summed E-state index contributed by atoms with van der Waals surface area (Å²) in [6.45, 7) is 5.70. The van der Waals surface area contributed by atoms with E-state index in [2.05, 4.69) is 10.3 Å². The molecule has 4 N–H and O–H groups in total. The zero-order valence-corrected chi connectivity index (χ0v) is 28.2. The molecule has 5 rings (SSSR count). The molecule has 254 valence electrons. The molecule has 1 saturated heterocycles. The molecule has 0 bridgehead atoms. The van der Waals surface area contributed by atoms with E-state index in [1.54, 1.807) is 54.4 Å². The van der Waals surface area contributed by atoms with Crippen LogP contribution in [0.5, 0.6) is 5.75 Å². The van der Waals surface area contributed by atoms with Gasteiger partial charge in [-0.2, -0.15) is 0 Å². The van der Waals surface area contributed by atoms with Gasteiger partial charge in [-0.25, -0.2) is 22.6 Å². The lowest BCUT2D eigenvalue weighted by Crippen LogP contribution is -2.38. The van der Waals surface area contributed by atoms with E-state index in [9.17, 15) is 23.1 Å². The second-order valence-electron chi connectivity index (χ2n) is 11.6. The molecule has 0 saturated carbocycles. The van der Waals surface area contributed by atoms with Crippen LogP contribution in [0.1, 0.15) is 62.4 Å². The van der Waals surface area contributed by atoms with Gasteiger partial charge in [0.25, 0.3) is 0 Å². The lowest BCUT2D eigenvalue weighted by Gasteiger charge is -2.32. The number of ether oxygens (including phenoxy) is 1. The predicted molar refractivity (Wildman–Crippen MR) is 184 cm³/mol. The van der Waals surface area contributed by atoms with E-state index in [1.807, 2.05) is 6.92 Å². The summed E-state index contributed by atoms with van der Waals surface area (Å²) >= 11 is 0. The molecule has 3 aromatic carbocycles. The molecular formula is C35H40FN5O6S. The number of amides is 2. The lowest BCUT2D eigenvalue weighted by atomic mass is 9.97. The van der Waals surface area contributed by atoms with Crippen LogP contribution in [-0.4, -0.2) is 61.4 Å². The number of aromatic nitrogens is 1. The van der Waals surface area contributed by atoms with Crippen LogP contribution in [0.15, 0.2) is 65.7 Å². The third-order valence-corrected chi connectivity index (χ3v) is 10.6. The molecule has 1 aromatic heterocycles. The minimum Gasteiger partial charge on any atom is -0.491 e. The molecule has 0 radical (unpaired) electrons. The number of nitrogens with zero attached hydrogens (tertiary/aromatic N) is 3. The van der Waals surface area contributed by atoms with Gasteiger partial charge < -0.3 is 25.8 Å². The zero-order chi connectivity index (χ0) is 34.7. The van der Waals surface area contributed by atoms with Gasteiger partial charge in [-0.3, -0.25) is 9.69 Å². The van der Waals surface area contributed by atoms with Gasteiger partial charge in [-0.1, -0.05) is 19.9 Å². The molecule has 4 aromatic rings. The van der Waals surface area contributed by atoms with Gasteiger partial charge in [-0.15, -0.1) is 0 Å². The van der Waals surface area contributed by atoms with E-state index < -0.39 is 39.7 Å². The first kappa shape index (κ1) is 34.4. The third kappa shape index (κ3) is 6.73. The molecule has 0 unspecified atom stereocenters. The normalized spacial score (nSPS) is 15.4. The monoisotopic (exact) mass is 677 g/mol. The molecule has 13 heteroatoms. The Bertz CT molecular complexity index is 1970. The lowest BCUT2D eigenvalue weighted by molar-refractivity contribution is -0.133. The number of carboxylic acid groups (broad SMARTS) is 1. The first-order chi connectivity index (χ1) is 22.9. The van der Waals surface area contributed by atoms with E-state index in [-0.39, 0.29) is 40.8 Å². The average Bonchev–Trinajstić information content (AvgIpc) is 3.57. The smallest absolute Gasteiger partial charge is 0.411 e. The summed E-state index contributed by atoms with van der Waals surface area (Å²) in [6, 6.07) is 12.8. The molecule has 1 aliphatic rings. The molecule has 1 fully saturated rings. The maximum Gasteiger partial charge on any atom is 0.411 e.